The third-order valence-corrected chi connectivity index (χ3v) is 6.20. The maximum absolute atomic E-state index is 6.50. The van der Waals surface area contributed by atoms with Crippen LogP contribution in [0, 0.1) is 0 Å². The van der Waals surface area contributed by atoms with Crippen LogP contribution < -0.4 is 11.1 Å². The molecule has 0 spiro atoms. The fourth-order valence-corrected chi connectivity index (χ4v) is 4.56. The van der Waals surface area contributed by atoms with E-state index in [2.05, 4.69) is 23.2 Å². The van der Waals surface area contributed by atoms with Gasteiger partial charge >= 0.3 is 0 Å². The van der Waals surface area contributed by atoms with Crippen molar-refractivity contribution in [2.24, 2.45) is 10.7 Å². The maximum atomic E-state index is 6.50. The number of benzene rings is 1. The fourth-order valence-electron chi connectivity index (χ4n) is 4.22. The van der Waals surface area contributed by atoms with Crippen LogP contribution in [0.25, 0.3) is 0 Å². The highest BCUT2D eigenvalue weighted by Gasteiger charge is 2.36. The summed E-state index contributed by atoms with van der Waals surface area (Å²) >= 11 is 6.50. The van der Waals surface area contributed by atoms with Gasteiger partial charge in [0.15, 0.2) is 5.96 Å². The molecule has 5 nitrogen and oxygen atoms in total. The van der Waals surface area contributed by atoms with Gasteiger partial charge in [0.2, 0.25) is 0 Å². The number of nitrogens with two attached hydrogens (primary N) is 1. The van der Waals surface area contributed by atoms with Crippen molar-refractivity contribution in [2.45, 2.75) is 44.1 Å². The van der Waals surface area contributed by atoms with Gasteiger partial charge in [-0.1, -0.05) is 36.7 Å². The van der Waals surface area contributed by atoms with Crippen molar-refractivity contribution in [2.75, 3.05) is 39.4 Å². The number of likely N-dealkylation sites (N-methyl/N-ethyl adjacent to an activating group) is 1. The van der Waals surface area contributed by atoms with E-state index in [1.54, 1.807) is 0 Å². The average Bonchev–Trinajstić information content (AvgIpc) is 3.13. The van der Waals surface area contributed by atoms with Crippen LogP contribution in [0.1, 0.15) is 38.2 Å². The van der Waals surface area contributed by atoms with Crippen LogP contribution in [0.2, 0.25) is 5.02 Å². The third kappa shape index (κ3) is 4.51. The standard InChI is InChI=1S/C20H31ClN4O/c1-2-25-11-5-6-16(25)14-23-19(22)24-15-20(9-12-26-13-10-20)17-7-3-4-8-18(17)21/h3-4,7-8,16H,2,5-6,9-15H2,1H3,(H3,22,23,24). The third-order valence-electron chi connectivity index (χ3n) is 5.87. The second-order valence-electron chi connectivity index (χ2n) is 7.38. The first-order chi connectivity index (χ1) is 12.6. The smallest absolute Gasteiger partial charge is 0.188 e. The Balaban J connectivity index is 1.65. The van der Waals surface area contributed by atoms with Crippen LogP contribution in [0.15, 0.2) is 29.3 Å². The number of rotatable bonds is 6. The Hall–Kier alpha value is -1.30. The summed E-state index contributed by atoms with van der Waals surface area (Å²) in [6, 6.07) is 8.65. The van der Waals surface area contributed by atoms with Gasteiger partial charge in [-0.05, 0) is 50.4 Å². The molecule has 0 amide bonds. The summed E-state index contributed by atoms with van der Waals surface area (Å²) < 4.78 is 5.59. The molecule has 26 heavy (non-hydrogen) atoms. The number of halogens is 1. The summed E-state index contributed by atoms with van der Waals surface area (Å²) in [5, 5.41) is 4.14. The molecule has 3 N–H and O–H groups in total. The van der Waals surface area contributed by atoms with Crippen molar-refractivity contribution in [1.82, 2.24) is 10.2 Å². The van der Waals surface area contributed by atoms with Gasteiger partial charge in [0.1, 0.15) is 0 Å². The van der Waals surface area contributed by atoms with Gasteiger partial charge < -0.3 is 15.8 Å². The molecule has 6 heteroatoms. The Labute approximate surface area is 161 Å². The summed E-state index contributed by atoms with van der Waals surface area (Å²) in [7, 11) is 0. The molecule has 2 aliphatic rings. The number of nitrogens with zero attached hydrogens (tertiary/aromatic N) is 2. The molecule has 0 aliphatic carbocycles. The van der Waals surface area contributed by atoms with Gasteiger partial charge in [-0.3, -0.25) is 9.89 Å². The molecule has 144 valence electrons. The van der Waals surface area contributed by atoms with Crippen LogP contribution in [-0.4, -0.2) is 56.3 Å². The lowest BCUT2D eigenvalue weighted by atomic mass is 9.74. The molecule has 0 bridgehead atoms. The molecule has 3 rings (SSSR count). The van der Waals surface area contributed by atoms with Crippen LogP contribution in [0.4, 0.5) is 0 Å². The van der Waals surface area contributed by atoms with E-state index in [9.17, 15) is 0 Å². The highest BCUT2D eigenvalue weighted by atomic mass is 35.5. The number of likely N-dealkylation sites (tertiary alicyclic amines) is 1. The Morgan fingerprint density at radius 2 is 2.15 bits per heavy atom. The highest BCUT2D eigenvalue weighted by molar-refractivity contribution is 6.31. The summed E-state index contributed by atoms with van der Waals surface area (Å²) in [6.07, 6.45) is 4.33. The first kappa shape index (κ1) is 19.5. The summed E-state index contributed by atoms with van der Waals surface area (Å²) in [6.45, 7) is 7.48. The molecule has 2 fully saturated rings. The molecular weight excluding hydrogens is 348 g/mol. The summed E-state index contributed by atoms with van der Waals surface area (Å²) in [5.41, 5.74) is 7.26. The lowest BCUT2D eigenvalue weighted by molar-refractivity contribution is 0.0531. The highest BCUT2D eigenvalue weighted by Crippen LogP contribution is 2.38. The maximum Gasteiger partial charge on any atom is 0.188 e. The molecule has 1 unspecified atom stereocenters. The zero-order chi connectivity index (χ0) is 18.4. The van der Waals surface area contributed by atoms with Crippen LogP contribution in [-0.2, 0) is 10.2 Å². The molecule has 2 aliphatic heterocycles. The SMILES string of the molecule is CCN1CCCC1CNC(N)=NCC1(c2ccccc2Cl)CCOCC1. The van der Waals surface area contributed by atoms with E-state index in [0.29, 0.717) is 18.5 Å². The van der Waals surface area contributed by atoms with E-state index in [0.717, 1.165) is 49.7 Å². The number of guanidine groups is 1. The first-order valence-corrected chi connectivity index (χ1v) is 10.1. The Kier molecular flexibility index (Phi) is 6.79. The average molecular weight is 379 g/mol. The molecule has 1 aromatic rings. The summed E-state index contributed by atoms with van der Waals surface area (Å²) in [4.78, 5) is 7.20. The monoisotopic (exact) mass is 378 g/mol. The van der Waals surface area contributed by atoms with E-state index < -0.39 is 0 Å². The van der Waals surface area contributed by atoms with Gasteiger partial charge in [-0.2, -0.15) is 0 Å². The Bertz CT molecular complexity index is 616. The van der Waals surface area contributed by atoms with E-state index in [-0.39, 0.29) is 5.41 Å². The van der Waals surface area contributed by atoms with E-state index in [1.807, 2.05) is 18.2 Å². The largest absolute Gasteiger partial charge is 0.381 e. The number of hydrogen-bond donors (Lipinski definition) is 2. The molecule has 1 aromatic carbocycles. The quantitative estimate of drug-likeness (QED) is 0.590. The molecule has 1 atom stereocenters. The van der Waals surface area contributed by atoms with Crippen molar-refractivity contribution in [3.63, 3.8) is 0 Å². The van der Waals surface area contributed by atoms with Gasteiger partial charge in [0.05, 0.1) is 6.54 Å². The minimum absolute atomic E-state index is 0.0916. The van der Waals surface area contributed by atoms with Gasteiger partial charge in [-0.25, -0.2) is 0 Å². The second-order valence-corrected chi connectivity index (χ2v) is 7.79. The van der Waals surface area contributed by atoms with Crippen molar-refractivity contribution < 1.29 is 4.74 Å². The number of ether oxygens (including phenoxy) is 1. The fraction of sp³-hybridized carbons (Fsp3) is 0.650. The number of hydrogen-bond acceptors (Lipinski definition) is 3. The van der Waals surface area contributed by atoms with E-state index in [1.165, 1.54) is 19.4 Å². The predicted octanol–water partition coefficient (Wildman–Crippen LogP) is 2.78. The zero-order valence-corrected chi connectivity index (χ0v) is 16.5. The van der Waals surface area contributed by atoms with Crippen LogP contribution in [0.3, 0.4) is 0 Å². The zero-order valence-electron chi connectivity index (χ0n) is 15.7. The van der Waals surface area contributed by atoms with Gasteiger partial charge in [-0.15, -0.1) is 0 Å². The molecule has 0 saturated carbocycles. The minimum Gasteiger partial charge on any atom is -0.381 e. The lowest BCUT2D eigenvalue weighted by Gasteiger charge is -2.37. The number of aliphatic imine (C=N–C) groups is 1. The minimum atomic E-state index is -0.0916. The molecular formula is C20H31ClN4O. The molecule has 0 radical (unpaired) electrons. The van der Waals surface area contributed by atoms with Crippen LogP contribution in [0.5, 0.6) is 0 Å². The van der Waals surface area contributed by atoms with Gasteiger partial charge in [0.25, 0.3) is 0 Å². The Morgan fingerprint density at radius 1 is 1.38 bits per heavy atom. The topological polar surface area (TPSA) is 62.9 Å². The van der Waals surface area contributed by atoms with Crippen molar-refractivity contribution in [3.05, 3.63) is 34.9 Å². The van der Waals surface area contributed by atoms with Crippen LogP contribution >= 0.6 is 11.6 Å². The van der Waals surface area contributed by atoms with E-state index >= 15 is 0 Å². The number of nitrogens with one attached hydrogen (secondary N) is 1. The van der Waals surface area contributed by atoms with Crippen molar-refractivity contribution in [1.29, 1.82) is 0 Å². The van der Waals surface area contributed by atoms with Crippen molar-refractivity contribution in [3.8, 4) is 0 Å². The second kappa shape index (κ2) is 9.07. The first-order valence-electron chi connectivity index (χ1n) is 9.75. The molecule has 2 saturated heterocycles. The lowest BCUT2D eigenvalue weighted by Crippen LogP contribution is -2.44. The van der Waals surface area contributed by atoms with Crippen molar-refractivity contribution >= 4 is 17.6 Å². The Morgan fingerprint density at radius 3 is 2.88 bits per heavy atom. The normalized spacial score (nSPS) is 23.9. The molecule has 2 heterocycles. The predicted molar refractivity (Wildman–Crippen MR) is 108 cm³/mol. The summed E-state index contributed by atoms with van der Waals surface area (Å²) in [5.74, 6) is 0.533. The van der Waals surface area contributed by atoms with Gasteiger partial charge in [0, 0.05) is 36.2 Å². The molecule has 0 aromatic heterocycles. The van der Waals surface area contributed by atoms with E-state index in [4.69, 9.17) is 27.1 Å².